The number of hydrogen-bond donors (Lipinski definition) is 2. The smallest absolute Gasteiger partial charge is 0.243 e. The van der Waals surface area contributed by atoms with Gasteiger partial charge in [-0.2, -0.15) is 0 Å². The largest absolute Gasteiger partial charge is 0.326 e. The quantitative estimate of drug-likeness (QED) is 0.216. The number of aryl methyl sites for hydroxylation is 2. The van der Waals surface area contributed by atoms with Crippen molar-refractivity contribution in [2.75, 3.05) is 10.6 Å². The molecule has 0 saturated heterocycles. The zero-order valence-corrected chi connectivity index (χ0v) is 18.7. The van der Waals surface area contributed by atoms with E-state index in [1.807, 2.05) is 88.5 Å². The maximum Gasteiger partial charge on any atom is 0.243 e. The molecule has 0 aliphatic rings. The van der Waals surface area contributed by atoms with Crippen molar-refractivity contribution in [3.63, 3.8) is 0 Å². The summed E-state index contributed by atoms with van der Waals surface area (Å²) in [6.45, 7) is 1.17. The molecule has 2 N–H and O–H groups in total. The molecular formula is C21H23F6N4O2P. The van der Waals surface area contributed by atoms with Crippen LogP contribution in [0.3, 0.4) is 0 Å². The van der Waals surface area contributed by atoms with Gasteiger partial charge in [-0.15, -0.1) is 0 Å². The van der Waals surface area contributed by atoms with Gasteiger partial charge in [0.15, 0.2) is 0 Å². The Morgan fingerprint density at radius 1 is 0.765 bits per heavy atom. The summed E-state index contributed by atoms with van der Waals surface area (Å²) in [5.74, 6) is -0.0487. The van der Waals surface area contributed by atoms with Crippen molar-refractivity contribution in [2.24, 2.45) is 0 Å². The number of carbonyl (C=O) groups is 2. The molecule has 0 aliphatic heterocycles. The molecule has 0 saturated carbocycles. The normalized spacial score (nSPS) is 13.0. The first-order valence-electron chi connectivity index (χ1n) is 9.95. The fourth-order valence-corrected chi connectivity index (χ4v) is 2.65. The molecule has 6 nitrogen and oxygen atoms in total. The van der Waals surface area contributed by atoms with Crippen molar-refractivity contribution in [3.8, 4) is 0 Å². The van der Waals surface area contributed by atoms with E-state index in [0.717, 1.165) is 11.4 Å². The first-order chi connectivity index (χ1) is 15.6. The van der Waals surface area contributed by atoms with Crippen LogP contribution in [0.5, 0.6) is 0 Å². The Balaban J connectivity index is 0.000000509. The fourth-order valence-electron chi connectivity index (χ4n) is 2.65. The SMILES string of the molecule is F[P-](F)(F)(F)(F)F.O=C(CCn1cc[n+](CCC(=O)Nc2ccccc2)c1)Nc1ccccc1. The topological polar surface area (TPSA) is 67.0 Å². The Morgan fingerprint density at radius 2 is 1.21 bits per heavy atom. The Hall–Kier alpha value is -3.40. The first-order valence-corrected chi connectivity index (χ1v) is 12.0. The predicted molar refractivity (Wildman–Crippen MR) is 118 cm³/mol. The van der Waals surface area contributed by atoms with Crippen LogP contribution in [0.25, 0.3) is 0 Å². The van der Waals surface area contributed by atoms with E-state index in [-0.39, 0.29) is 11.8 Å². The van der Waals surface area contributed by atoms with Crippen LogP contribution in [0.2, 0.25) is 0 Å². The summed E-state index contributed by atoms with van der Waals surface area (Å²) in [6, 6.07) is 18.8. The van der Waals surface area contributed by atoms with Gasteiger partial charge in [-0.1, -0.05) is 36.4 Å². The van der Waals surface area contributed by atoms with Gasteiger partial charge in [-0.3, -0.25) is 9.59 Å². The number of nitrogens with zero attached hydrogens (tertiary/aromatic N) is 2. The van der Waals surface area contributed by atoms with Crippen LogP contribution >= 0.6 is 7.81 Å². The number of nitrogens with one attached hydrogen (secondary N) is 2. The molecule has 0 bridgehead atoms. The summed E-state index contributed by atoms with van der Waals surface area (Å²) >= 11 is 0. The number of imidazole rings is 1. The molecule has 0 spiro atoms. The van der Waals surface area contributed by atoms with Crippen molar-refractivity contribution in [1.82, 2.24) is 4.57 Å². The van der Waals surface area contributed by atoms with E-state index in [2.05, 4.69) is 10.6 Å². The van der Waals surface area contributed by atoms with Gasteiger partial charge in [0.05, 0.1) is 25.9 Å². The average molecular weight is 508 g/mol. The van der Waals surface area contributed by atoms with Gasteiger partial charge in [0.2, 0.25) is 18.1 Å². The molecular weight excluding hydrogens is 485 g/mol. The van der Waals surface area contributed by atoms with Crippen LogP contribution in [0, 0.1) is 0 Å². The number of benzene rings is 2. The van der Waals surface area contributed by atoms with E-state index < -0.39 is 7.81 Å². The van der Waals surface area contributed by atoms with Crippen molar-refractivity contribution in [3.05, 3.63) is 79.4 Å². The van der Waals surface area contributed by atoms with Crippen molar-refractivity contribution in [2.45, 2.75) is 25.9 Å². The molecule has 34 heavy (non-hydrogen) atoms. The summed E-state index contributed by atoms with van der Waals surface area (Å²) in [4.78, 5) is 24.0. The van der Waals surface area contributed by atoms with Crippen molar-refractivity contribution < 1.29 is 39.3 Å². The second-order valence-electron chi connectivity index (χ2n) is 7.18. The van der Waals surface area contributed by atoms with E-state index >= 15 is 0 Å². The predicted octanol–water partition coefficient (Wildman–Crippen LogP) is 6.22. The third kappa shape index (κ3) is 13.9. The molecule has 0 radical (unpaired) electrons. The van der Waals surface area contributed by atoms with Crippen molar-refractivity contribution in [1.29, 1.82) is 0 Å². The summed E-state index contributed by atoms with van der Waals surface area (Å²) in [5, 5.41) is 5.74. The molecule has 2 amide bonds. The van der Waals surface area contributed by atoms with Crippen LogP contribution in [0.15, 0.2) is 79.4 Å². The minimum absolute atomic E-state index is 0.0244. The van der Waals surface area contributed by atoms with Crippen LogP contribution in [0.1, 0.15) is 12.8 Å². The standard InChI is InChI=1S/C21H22N4O2.F6P/c26-20(22-18-7-3-1-4-8-18)11-13-24-15-16-25(17-24)14-12-21(27)23-19-9-5-2-6-10-19;1-7(2,3,4,5)6/h1-10,15-17H,11-14H2,(H-,22,23,26,27);/q;-1/p+1. The third-order valence-electron chi connectivity index (χ3n) is 4.06. The molecule has 1 aromatic heterocycles. The second-order valence-corrected chi connectivity index (χ2v) is 9.09. The molecule has 0 fully saturated rings. The summed E-state index contributed by atoms with van der Waals surface area (Å²) in [7, 11) is -10.7. The molecule has 3 aromatic rings. The molecule has 3 rings (SSSR count). The first kappa shape index (κ1) is 26.8. The van der Waals surface area contributed by atoms with Crippen LogP contribution in [-0.4, -0.2) is 16.4 Å². The number of aromatic nitrogens is 2. The van der Waals surface area contributed by atoms with Crippen LogP contribution < -0.4 is 15.2 Å². The third-order valence-corrected chi connectivity index (χ3v) is 4.06. The van der Waals surface area contributed by atoms with Crippen LogP contribution in [0.4, 0.5) is 36.6 Å². The number of amides is 2. The molecule has 1 heterocycles. The van der Waals surface area contributed by atoms with E-state index in [1.54, 1.807) is 0 Å². The van der Waals surface area contributed by atoms with E-state index in [0.29, 0.717) is 25.9 Å². The fraction of sp³-hybridized carbons (Fsp3) is 0.190. The van der Waals surface area contributed by atoms with E-state index in [1.165, 1.54) is 0 Å². The maximum atomic E-state index is 12.0. The van der Waals surface area contributed by atoms with Gasteiger partial charge >= 0.3 is 33.0 Å². The Kier molecular flexibility index (Phi) is 8.09. The molecule has 186 valence electrons. The number of rotatable bonds is 8. The summed E-state index contributed by atoms with van der Waals surface area (Å²) in [5.41, 5.74) is 1.60. The summed E-state index contributed by atoms with van der Waals surface area (Å²) < 4.78 is 63.1. The monoisotopic (exact) mass is 508 g/mol. The van der Waals surface area contributed by atoms with Gasteiger partial charge in [-0.05, 0) is 24.3 Å². The number of anilines is 2. The second kappa shape index (κ2) is 10.3. The minimum atomic E-state index is -10.7. The Morgan fingerprint density at radius 3 is 1.68 bits per heavy atom. The van der Waals surface area contributed by atoms with Gasteiger partial charge in [-0.25, -0.2) is 9.13 Å². The minimum Gasteiger partial charge on any atom is -0.326 e. The number of halogens is 6. The van der Waals surface area contributed by atoms with Crippen LogP contribution in [-0.2, 0) is 22.7 Å². The van der Waals surface area contributed by atoms with Gasteiger partial charge in [0, 0.05) is 11.4 Å². The van der Waals surface area contributed by atoms with Gasteiger partial charge in [0.1, 0.15) is 12.4 Å². The van der Waals surface area contributed by atoms with Gasteiger partial charge in [0.25, 0.3) is 0 Å². The molecule has 0 atom stereocenters. The van der Waals surface area contributed by atoms with Crippen molar-refractivity contribution >= 4 is 31.0 Å². The zero-order valence-electron chi connectivity index (χ0n) is 17.8. The number of hydrogen-bond acceptors (Lipinski definition) is 2. The average Bonchev–Trinajstić information content (AvgIpc) is 3.18. The number of para-hydroxylation sites is 2. The van der Waals surface area contributed by atoms with Gasteiger partial charge < -0.3 is 10.6 Å². The number of carbonyl (C=O) groups excluding carboxylic acids is 2. The maximum absolute atomic E-state index is 12.0. The molecule has 0 unspecified atom stereocenters. The molecule has 0 aliphatic carbocycles. The molecule has 2 aromatic carbocycles. The van der Waals surface area contributed by atoms with E-state index in [4.69, 9.17) is 0 Å². The summed E-state index contributed by atoms with van der Waals surface area (Å²) in [6.07, 6.45) is 6.50. The molecule has 13 heteroatoms. The van der Waals surface area contributed by atoms with E-state index in [9.17, 15) is 34.8 Å². The Labute approximate surface area is 191 Å². The Bertz CT molecular complexity index is 1010. The zero-order chi connectivity index (χ0) is 25.3.